The van der Waals surface area contributed by atoms with Crippen LogP contribution in [0.4, 0.5) is 10.1 Å². The molecular weight excluding hydrogens is 297 g/mol. The van der Waals surface area contributed by atoms with Crippen molar-refractivity contribution in [3.8, 4) is 5.75 Å². The maximum atomic E-state index is 12.2. The molecule has 0 spiro atoms. The number of rotatable bonds is 3. The third-order valence-electron chi connectivity index (χ3n) is 2.05. The van der Waals surface area contributed by atoms with Gasteiger partial charge in [0.15, 0.2) is 10.6 Å². The Hall–Kier alpha value is -2.12. The van der Waals surface area contributed by atoms with Crippen LogP contribution < -0.4 is 10.2 Å². The monoisotopic (exact) mass is 315 g/mol. The van der Waals surface area contributed by atoms with Gasteiger partial charge in [-0.25, -0.2) is 14.4 Å². The molecule has 21 heavy (non-hydrogen) atoms. The predicted octanol–water partition coefficient (Wildman–Crippen LogP) is 4.19. The zero-order chi connectivity index (χ0) is 16.3. The molecule has 0 radical (unpaired) electrons. The maximum absolute atomic E-state index is 12.2. The van der Waals surface area contributed by atoms with Crippen LogP contribution >= 0.6 is 11.3 Å². The van der Waals surface area contributed by atoms with Crippen LogP contribution in [0.3, 0.4) is 0 Å². The number of carboxylic acid groups (broad SMARTS) is 1. The van der Waals surface area contributed by atoms with Gasteiger partial charge in [0.25, 0.3) is 0 Å². The molecular formula is C14H18FNO4S. The van der Waals surface area contributed by atoms with E-state index in [0.717, 1.165) is 17.0 Å². The zero-order valence-electron chi connectivity index (χ0n) is 12.0. The summed E-state index contributed by atoms with van der Waals surface area (Å²) in [5, 5.41) is 20.9. The minimum Gasteiger partial charge on any atom is -0.477 e. The number of thiophene rings is 1. The van der Waals surface area contributed by atoms with E-state index in [4.69, 9.17) is 10.4 Å². The highest BCUT2D eigenvalue weighted by Gasteiger charge is 2.12. The highest BCUT2D eigenvalue weighted by molar-refractivity contribution is 7.12. The standard InChI is InChI=1S/C7H8FN.C5H4O4S.C2H6/c1-9-7-4-2-6(8)3-5-7;6-5(7)4-3(9-8)1-2-10-4;1-2/h2-5,9H,1H3;1-2,8H,(H,6,7);1-2H3. The summed E-state index contributed by atoms with van der Waals surface area (Å²) in [4.78, 5) is 14.0. The zero-order valence-corrected chi connectivity index (χ0v) is 12.8. The van der Waals surface area contributed by atoms with Crippen molar-refractivity contribution in [3.05, 3.63) is 46.4 Å². The molecule has 2 aromatic rings. The highest BCUT2D eigenvalue weighted by atomic mass is 32.1. The Morgan fingerprint density at radius 2 is 1.81 bits per heavy atom. The lowest BCUT2D eigenvalue weighted by molar-refractivity contribution is -0.137. The molecule has 0 fully saturated rings. The lowest BCUT2D eigenvalue weighted by atomic mass is 10.3. The summed E-state index contributed by atoms with van der Waals surface area (Å²) in [6.07, 6.45) is 0. The first kappa shape index (κ1) is 18.9. The van der Waals surface area contributed by atoms with E-state index in [0.29, 0.717) is 0 Å². The van der Waals surface area contributed by atoms with Crippen LogP contribution in [0.15, 0.2) is 35.7 Å². The van der Waals surface area contributed by atoms with Gasteiger partial charge in [0.2, 0.25) is 0 Å². The molecule has 1 aromatic heterocycles. The number of anilines is 1. The van der Waals surface area contributed by atoms with Gasteiger partial charge >= 0.3 is 5.97 Å². The van der Waals surface area contributed by atoms with Crippen molar-refractivity contribution in [2.45, 2.75) is 13.8 Å². The molecule has 1 heterocycles. The van der Waals surface area contributed by atoms with Crippen LogP contribution in [-0.2, 0) is 0 Å². The second-order valence-corrected chi connectivity index (χ2v) is 4.18. The number of benzene rings is 1. The number of hydrogen-bond donors (Lipinski definition) is 3. The lowest BCUT2D eigenvalue weighted by Gasteiger charge is -1.95. The fraction of sp³-hybridized carbons (Fsp3) is 0.214. The molecule has 0 bridgehead atoms. The summed E-state index contributed by atoms with van der Waals surface area (Å²) in [7, 11) is 1.80. The van der Waals surface area contributed by atoms with E-state index in [-0.39, 0.29) is 16.4 Å². The first-order valence-corrected chi connectivity index (χ1v) is 7.02. The van der Waals surface area contributed by atoms with Crippen molar-refractivity contribution in [2.75, 3.05) is 12.4 Å². The number of nitrogens with one attached hydrogen (secondary N) is 1. The largest absolute Gasteiger partial charge is 0.477 e. The summed E-state index contributed by atoms with van der Waals surface area (Å²) in [6.45, 7) is 4.00. The van der Waals surface area contributed by atoms with Crippen LogP contribution in [0.2, 0.25) is 0 Å². The first-order valence-electron chi connectivity index (χ1n) is 6.14. The minimum atomic E-state index is -1.10. The van der Waals surface area contributed by atoms with Gasteiger partial charge in [-0.3, -0.25) is 0 Å². The first-order chi connectivity index (χ1) is 10.1. The summed E-state index contributed by atoms with van der Waals surface area (Å²) in [5.41, 5.74) is 0.927. The molecule has 0 aliphatic rings. The Labute approximate surface area is 126 Å². The third kappa shape index (κ3) is 6.73. The SMILES string of the molecule is CC.CNc1ccc(F)cc1.O=C(O)c1sccc1OO. The van der Waals surface area contributed by atoms with Crippen molar-refractivity contribution in [1.82, 2.24) is 0 Å². The number of hydrogen-bond acceptors (Lipinski definition) is 5. The molecule has 0 unspecified atom stereocenters. The van der Waals surface area contributed by atoms with Gasteiger partial charge in [0.1, 0.15) is 5.82 Å². The molecule has 2 rings (SSSR count). The molecule has 0 aliphatic heterocycles. The Balaban J connectivity index is 0.000000342. The molecule has 116 valence electrons. The van der Waals surface area contributed by atoms with E-state index in [1.807, 2.05) is 13.8 Å². The lowest BCUT2D eigenvalue weighted by Crippen LogP contribution is -1.95. The fourth-order valence-corrected chi connectivity index (χ4v) is 1.79. The normalized spacial score (nSPS) is 8.62. The van der Waals surface area contributed by atoms with Crippen molar-refractivity contribution >= 4 is 23.0 Å². The Morgan fingerprint density at radius 3 is 2.19 bits per heavy atom. The van der Waals surface area contributed by atoms with Gasteiger partial charge in [-0.15, -0.1) is 11.3 Å². The summed E-state index contributed by atoms with van der Waals surface area (Å²) >= 11 is 0.998. The molecule has 0 saturated heterocycles. The summed E-state index contributed by atoms with van der Waals surface area (Å²) in [6, 6.07) is 7.61. The second kappa shape index (κ2) is 10.6. The number of halogens is 1. The molecule has 1 aromatic carbocycles. The number of carboxylic acids is 1. The minimum absolute atomic E-state index is 0.00231. The quantitative estimate of drug-likeness (QED) is 0.584. The molecule has 7 heteroatoms. The average Bonchev–Trinajstić information content (AvgIpc) is 2.99. The highest BCUT2D eigenvalue weighted by Crippen LogP contribution is 2.23. The van der Waals surface area contributed by atoms with E-state index in [1.165, 1.54) is 23.6 Å². The molecule has 0 saturated carbocycles. The van der Waals surface area contributed by atoms with Crippen LogP contribution in [0.25, 0.3) is 0 Å². The topological polar surface area (TPSA) is 78.8 Å². The molecule has 5 nitrogen and oxygen atoms in total. The smallest absolute Gasteiger partial charge is 0.349 e. The Morgan fingerprint density at radius 1 is 1.24 bits per heavy atom. The van der Waals surface area contributed by atoms with Crippen LogP contribution in [0.1, 0.15) is 23.5 Å². The van der Waals surface area contributed by atoms with E-state index in [9.17, 15) is 9.18 Å². The van der Waals surface area contributed by atoms with Gasteiger partial charge in [0.05, 0.1) is 0 Å². The van der Waals surface area contributed by atoms with Crippen molar-refractivity contribution in [1.29, 1.82) is 0 Å². The van der Waals surface area contributed by atoms with E-state index >= 15 is 0 Å². The molecule has 0 atom stereocenters. The van der Waals surface area contributed by atoms with E-state index in [1.54, 1.807) is 19.2 Å². The third-order valence-corrected chi connectivity index (χ3v) is 2.94. The maximum Gasteiger partial charge on any atom is 0.349 e. The van der Waals surface area contributed by atoms with Crippen LogP contribution in [0.5, 0.6) is 5.75 Å². The van der Waals surface area contributed by atoms with Crippen molar-refractivity contribution < 1.29 is 24.4 Å². The van der Waals surface area contributed by atoms with Gasteiger partial charge in [-0.1, -0.05) is 13.8 Å². The van der Waals surface area contributed by atoms with Gasteiger partial charge in [-0.2, -0.15) is 0 Å². The van der Waals surface area contributed by atoms with Crippen LogP contribution in [-0.4, -0.2) is 23.4 Å². The van der Waals surface area contributed by atoms with Crippen molar-refractivity contribution in [3.63, 3.8) is 0 Å². The van der Waals surface area contributed by atoms with Gasteiger partial charge in [-0.05, 0) is 35.7 Å². The van der Waals surface area contributed by atoms with E-state index in [2.05, 4.69) is 10.2 Å². The van der Waals surface area contributed by atoms with Gasteiger partial charge < -0.3 is 15.3 Å². The Bertz CT molecular complexity index is 528. The second-order valence-electron chi connectivity index (χ2n) is 3.27. The van der Waals surface area contributed by atoms with Crippen LogP contribution in [0, 0.1) is 5.82 Å². The summed E-state index contributed by atoms with van der Waals surface area (Å²) in [5.74, 6) is -1.31. The molecule has 0 aliphatic carbocycles. The van der Waals surface area contributed by atoms with Crippen molar-refractivity contribution in [2.24, 2.45) is 0 Å². The summed E-state index contributed by atoms with van der Waals surface area (Å²) < 4.78 is 12.2. The number of aromatic carboxylic acids is 1. The number of carbonyl (C=O) groups is 1. The van der Waals surface area contributed by atoms with Gasteiger partial charge in [0, 0.05) is 12.7 Å². The van der Waals surface area contributed by atoms with E-state index < -0.39 is 5.97 Å². The molecule has 3 N–H and O–H groups in total. The fourth-order valence-electron chi connectivity index (χ4n) is 1.14. The molecule has 0 amide bonds. The Kier molecular flexibility index (Phi) is 9.57. The average molecular weight is 315 g/mol. The predicted molar refractivity (Wildman–Crippen MR) is 81.8 cm³/mol.